The Labute approximate surface area is 185 Å². The van der Waals surface area contributed by atoms with Crippen LogP contribution in [0.3, 0.4) is 0 Å². The first-order valence-electron chi connectivity index (χ1n) is 10.4. The van der Waals surface area contributed by atoms with Gasteiger partial charge in [-0.25, -0.2) is 17.5 Å². The molecule has 8 nitrogen and oxygen atoms in total. The van der Waals surface area contributed by atoms with Crippen molar-refractivity contribution in [2.45, 2.75) is 38.5 Å². The van der Waals surface area contributed by atoms with E-state index in [0.717, 1.165) is 87.7 Å². The topological polar surface area (TPSA) is 118 Å². The second-order valence-corrected chi connectivity index (χ2v) is 18.5. The summed E-state index contributed by atoms with van der Waals surface area (Å²) >= 11 is 0. The SMILES string of the molecule is C[S@@]1(=O)=NCCC1.C[S@@]1(=O)=NCCCC1.C[S@]1(=O)=NCCC1.C[S@]1(=O)=NCCCC1. The van der Waals surface area contributed by atoms with Crippen LogP contribution in [0.5, 0.6) is 0 Å². The minimum Gasteiger partial charge on any atom is -0.250 e. The van der Waals surface area contributed by atoms with E-state index in [0.29, 0.717) is 0 Å². The van der Waals surface area contributed by atoms with Crippen LogP contribution >= 0.6 is 0 Å². The zero-order valence-corrected chi connectivity index (χ0v) is 22.2. The standard InChI is InChI=1S/2C5H11NOS.2C4H9NOS/c2*1-8(7)5-3-2-4-6-8;2*1-7(6)4-2-3-5-7/h2*2-5H2,1H3;2*2-4H2,1H3/t2*8-;2*7-/m1010/s1. The fourth-order valence-corrected chi connectivity index (χ4v) is 8.30. The van der Waals surface area contributed by atoms with E-state index < -0.39 is 38.9 Å². The minimum atomic E-state index is -1.71. The molecule has 0 spiro atoms. The van der Waals surface area contributed by atoms with Crippen LogP contribution in [-0.4, -0.2) is 91.0 Å². The van der Waals surface area contributed by atoms with Crippen LogP contribution in [0.15, 0.2) is 17.5 Å². The van der Waals surface area contributed by atoms with Crippen LogP contribution in [0.4, 0.5) is 0 Å². The molecular formula is C18H40N4O4S4. The summed E-state index contributed by atoms with van der Waals surface area (Å²) < 4.78 is 59.5. The molecule has 0 amide bonds. The third-order valence-corrected chi connectivity index (χ3v) is 11.8. The van der Waals surface area contributed by atoms with Gasteiger partial charge in [-0.15, -0.1) is 0 Å². The van der Waals surface area contributed by atoms with Crippen molar-refractivity contribution >= 4 is 38.9 Å². The van der Waals surface area contributed by atoms with Crippen LogP contribution in [-0.2, 0) is 38.9 Å². The lowest BCUT2D eigenvalue weighted by Crippen LogP contribution is -2.09. The number of rotatable bonds is 0. The molecule has 4 aliphatic rings. The van der Waals surface area contributed by atoms with Crippen LogP contribution in [0.1, 0.15) is 38.5 Å². The van der Waals surface area contributed by atoms with E-state index in [1.165, 1.54) is 0 Å². The van der Waals surface area contributed by atoms with E-state index in [4.69, 9.17) is 0 Å². The summed E-state index contributed by atoms with van der Waals surface area (Å²) in [5, 5.41) is 0. The van der Waals surface area contributed by atoms with Crippen LogP contribution < -0.4 is 0 Å². The summed E-state index contributed by atoms with van der Waals surface area (Å²) in [4.78, 5) is 0. The lowest BCUT2D eigenvalue weighted by atomic mass is 10.3. The van der Waals surface area contributed by atoms with E-state index >= 15 is 0 Å². The summed E-state index contributed by atoms with van der Waals surface area (Å²) in [5.41, 5.74) is 0. The van der Waals surface area contributed by atoms with Gasteiger partial charge in [0.15, 0.2) is 0 Å². The quantitative estimate of drug-likeness (QED) is 0.504. The summed E-state index contributed by atoms with van der Waals surface area (Å²) in [6.45, 7) is 3.26. The van der Waals surface area contributed by atoms with E-state index in [2.05, 4.69) is 17.5 Å². The van der Waals surface area contributed by atoms with Gasteiger partial charge in [0.1, 0.15) is 0 Å². The highest BCUT2D eigenvalue weighted by Gasteiger charge is 2.07. The van der Waals surface area contributed by atoms with Crippen molar-refractivity contribution in [3.05, 3.63) is 0 Å². The Hall–Kier alpha value is -0.200. The Morgan fingerprint density at radius 1 is 0.400 bits per heavy atom. The molecule has 4 atom stereocenters. The summed E-state index contributed by atoms with van der Waals surface area (Å²) in [6, 6.07) is 0. The molecule has 0 N–H and O–H groups in total. The molecule has 0 bridgehead atoms. The van der Waals surface area contributed by atoms with Gasteiger partial charge in [-0.05, 0) is 38.5 Å². The average Bonchev–Trinajstić information content (AvgIpc) is 3.23. The molecule has 12 heteroatoms. The normalized spacial score (nSPS) is 39.6. The van der Waals surface area contributed by atoms with Crippen molar-refractivity contribution in [2.24, 2.45) is 17.5 Å². The Morgan fingerprint density at radius 3 is 0.700 bits per heavy atom. The predicted octanol–water partition coefficient (Wildman–Crippen LogP) is 2.73. The highest BCUT2D eigenvalue weighted by Crippen LogP contribution is 2.06. The van der Waals surface area contributed by atoms with Crippen LogP contribution in [0.2, 0.25) is 0 Å². The van der Waals surface area contributed by atoms with Gasteiger partial charge in [0, 0.05) is 113 Å². The summed E-state index contributed by atoms with van der Waals surface area (Å²) in [7, 11) is -6.76. The molecule has 30 heavy (non-hydrogen) atoms. The van der Waals surface area contributed by atoms with Gasteiger partial charge >= 0.3 is 0 Å². The maximum absolute atomic E-state index is 11.0. The van der Waals surface area contributed by atoms with Crippen LogP contribution in [0, 0.1) is 0 Å². The monoisotopic (exact) mass is 504 g/mol. The molecule has 0 saturated carbocycles. The molecule has 0 aromatic carbocycles. The molecule has 0 saturated heterocycles. The molecular weight excluding hydrogens is 464 g/mol. The Bertz CT molecular complexity index is 937. The van der Waals surface area contributed by atoms with Gasteiger partial charge in [0.2, 0.25) is 0 Å². The zero-order valence-electron chi connectivity index (χ0n) is 19.0. The first kappa shape index (κ1) is 27.8. The van der Waals surface area contributed by atoms with Gasteiger partial charge in [-0.1, -0.05) is 0 Å². The van der Waals surface area contributed by atoms with Crippen LogP contribution in [0.25, 0.3) is 0 Å². The Balaban J connectivity index is 0.000000200. The number of hydrogen-bond acceptors (Lipinski definition) is 8. The minimum absolute atomic E-state index is 0.812. The Morgan fingerprint density at radius 2 is 0.633 bits per heavy atom. The van der Waals surface area contributed by atoms with Crippen molar-refractivity contribution in [3.63, 3.8) is 0 Å². The summed E-state index contributed by atoms with van der Waals surface area (Å²) in [5.74, 6) is 3.25. The molecule has 180 valence electrons. The van der Waals surface area contributed by atoms with Gasteiger partial charge in [0.25, 0.3) is 0 Å². The average molecular weight is 505 g/mol. The molecule has 4 rings (SSSR count). The van der Waals surface area contributed by atoms with Gasteiger partial charge < -0.3 is 0 Å². The van der Waals surface area contributed by atoms with Crippen molar-refractivity contribution < 1.29 is 16.8 Å². The molecule has 0 fully saturated rings. The maximum atomic E-state index is 11.0. The number of hydrogen-bond donors (Lipinski definition) is 0. The molecule has 4 aliphatic heterocycles. The third-order valence-electron chi connectivity index (χ3n) is 4.68. The second kappa shape index (κ2) is 12.7. The molecule has 0 aromatic heterocycles. The van der Waals surface area contributed by atoms with Crippen molar-refractivity contribution in [1.82, 2.24) is 0 Å². The lowest BCUT2D eigenvalue weighted by Gasteiger charge is -2.08. The highest BCUT2D eigenvalue weighted by molar-refractivity contribution is 7.93. The fraction of sp³-hybridized carbons (Fsp3) is 1.00. The molecule has 0 aliphatic carbocycles. The smallest absolute Gasteiger partial charge is 0.0493 e. The Kier molecular flexibility index (Phi) is 11.8. The molecule has 0 aromatic rings. The first-order valence-corrected chi connectivity index (χ1v) is 18.8. The van der Waals surface area contributed by atoms with E-state index in [1.807, 2.05) is 0 Å². The molecule has 4 heterocycles. The summed E-state index contributed by atoms with van der Waals surface area (Å²) in [6.07, 6.45) is 13.4. The molecule has 0 radical (unpaired) electrons. The zero-order chi connectivity index (χ0) is 22.7. The maximum Gasteiger partial charge on any atom is 0.0493 e. The van der Waals surface area contributed by atoms with E-state index in [-0.39, 0.29) is 0 Å². The van der Waals surface area contributed by atoms with Crippen molar-refractivity contribution in [1.29, 1.82) is 0 Å². The van der Waals surface area contributed by atoms with Gasteiger partial charge in [-0.2, -0.15) is 0 Å². The van der Waals surface area contributed by atoms with Crippen molar-refractivity contribution in [3.8, 4) is 0 Å². The first-order chi connectivity index (χ1) is 13.8. The third kappa shape index (κ3) is 14.0. The lowest BCUT2D eigenvalue weighted by molar-refractivity contribution is 0.662. The predicted molar refractivity (Wildman–Crippen MR) is 133 cm³/mol. The van der Waals surface area contributed by atoms with Crippen molar-refractivity contribution in [2.75, 3.05) is 74.2 Å². The van der Waals surface area contributed by atoms with Gasteiger partial charge in [0.05, 0.1) is 0 Å². The second-order valence-electron chi connectivity index (χ2n) is 8.19. The van der Waals surface area contributed by atoms with E-state index in [1.54, 1.807) is 25.0 Å². The van der Waals surface area contributed by atoms with Gasteiger partial charge in [-0.3, -0.25) is 16.8 Å². The highest BCUT2D eigenvalue weighted by atomic mass is 32.2. The van der Waals surface area contributed by atoms with E-state index in [9.17, 15) is 16.8 Å². The fourth-order valence-electron chi connectivity index (χ4n) is 2.92. The number of nitrogens with zero attached hydrogens (tertiary/aromatic N) is 4. The molecule has 0 unspecified atom stereocenters. The largest absolute Gasteiger partial charge is 0.250 e.